The van der Waals surface area contributed by atoms with E-state index in [4.69, 9.17) is 27.6 Å². The van der Waals surface area contributed by atoms with Crippen LogP contribution in [0, 0.1) is 0 Å². The molecule has 0 saturated carbocycles. The second-order valence-electron chi connectivity index (χ2n) is 6.21. The highest BCUT2D eigenvalue weighted by Gasteiger charge is 2.17. The molecule has 30 heavy (non-hydrogen) atoms. The van der Waals surface area contributed by atoms with E-state index in [2.05, 4.69) is 20.5 Å². The number of halogens is 2. The fourth-order valence-corrected chi connectivity index (χ4v) is 4.02. The molecule has 4 aromatic rings. The maximum Gasteiger partial charge on any atom is 0.234 e. The van der Waals surface area contributed by atoms with Crippen molar-refractivity contribution in [2.75, 3.05) is 11.1 Å². The fraction of sp³-hybridized carbons (Fsp3) is 0.100. The third-order valence-corrected chi connectivity index (χ3v) is 5.41. The Morgan fingerprint density at radius 3 is 2.67 bits per heavy atom. The first-order chi connectivity index (χ1) is 14.6. The molecule has 0 aliphatic heterocycles. The Bertz CT molecular complexity index is 1130. The lowest BCUT2D eigenvalue weighted by molar-refractivity contribution is -0.113. The SMILES string of the molecule is O=C(CSc1nnc(-c2cccnc2)n1Cc1ccco1)Nc1cc(Cl)cc(Cl)c1. The number of carbonyl (C=O) groups is 1. The van der Waals surface area contributed by atoms with E-state index in [0.717, 1.165) is 11.3 Å². The van der Waals surface area contributed by atoms with Gasteiger partial charge in [0.05, 0.1) is 18.6 Å². The summed E-state index contributed by atoms with van der Waals surface area (Å²) in [6.45, 7) is 0.429. The number of aromatic nitrogens is 4. The van der Waals surface area contributed by atoms with Crippen molar-refractivity contribution in [3.63, 3.8) is 0 Å². The van der Waals surface area contributed by atoms with Crippen LogP contribution in [0.15, 0.2) is 70.7 Å². The van der Waals surface area contributed by atoms with Crippen molar-refractivity contribution in [3.05, 3.63) is 76.9 Å². The molecule has 0 radical (unpaired) electrons. The van der Waals surface area contributed by atoms with E-state index in [-0.39, 0.29) is 11.7 Å². The second-order valence-corrected chi connectivity index (χ2v) is 8.02. The van der Waals surface area contributed by atoms with Crippen LogP contribution in [-0.4, -0.2) is 31.4 Å². The Kier molecular flexibility index (Phi) is 6.37. The third-order valence-electron chi connectivity index (χ3n) is 4.01. The number of hydrogen-bond donors (Lipinski definition) is 1. The average molecular weight is 460 g/mol. The van der Waals surface area contributed by atoms with Gasteiger partial charge >= 0.3 is 0 Å². The van der Waals surface area contributed by atoms with Gasteiger partial charge in [0.15, 0.2) is 11.0 Å². The quantitative estimate of drug-likeness (QED) is 0.390. The standard InChI is InChI=1S/C20H15Cl2N5O2S/c21-14-7-15(22)9-16(8-14)24-18(28)12-30-20-26-25-19(13-3-1-5-23-10-13)27(20)11-17-4-2-6-29-17/h1-10H,11-12H2,(H,24,28). The maximum atomic E-state index is 12.4. The van der Waals surface area contributed by atoms with Crippen LogP contribution in [0.2, 0.25) is 10.0 Å². The number of rotatable bonds is 7. The Balaban J connectivity index is 1.52. The lowest BCUT2D eigenvalue weighted by Gasteiger charge is -2.09. The normalized spacial score (nSPS) is 10.9. The molecule has 0 bridgehead atoms. The lowest BCUT2D eigenvalue weighted by atomic mass is 10.2. The van der Waals surface area contributed by atoms with Crippen molar-refractivity contribution in [1.82, 2.24) is 19.7 Å². The summed E-state index contributed by atoms with van der Waals surface area (Å²) >= 11 is 13.2. The Labute approximate surface area is 186 Å². The molecule has 3 aromatic heterocycles. The van der Waals surface area contributed by atoms with E-state index in [9.17, 15) is 4.79 Å². The van der Waals surface area contributed by atoms with Crippen LogP contribution in [0.1, 0.15) is 5.76 Å². The van der Waals surface area contributed by atoms with Gasteiger partial charge in [-0.05, 0) is 42.5 Å². The van der Waals surface area contributed by atoms with Crippen molar-refractivity contribution >= 4 is 46.6 Å². The van der Waals surface area contributed by atoms with Gasteiger partial charge in [-0.25, -0.2) is 0 Å². The predicted molar refractivity (Wildman–Crippen MR) is 117 cm³/mol. The van der Waals surface area contributed by atoms with E-state index in [0.29, 0.717) is 33.3 Å². The molecule has 0 unspecified atom stereocenters. The highest BCUT2D eigenvalue weighted by Crippen LogP contribution is 2.26. The number of amides is 1. The molecule has 0 aliphatic rings. The first-order valence-corrected chi connectivity index (χ1v) is 10.6. The topological polar surface area (TPSA) is 85.8 Å². The minimum Gasteiger partial charge on any atom is -0.467 e. The van der Waals surface area contributed by atoms with Crippen LogP contribution in [-0.2, 0) is 11.3 Å². The van der Waals surface area contributed by atoms with Gasteiger partial charge in [0.1, 0.15) is 5.76 Å². The molecule has 0 saturated heterocycles. The number of nitrogens with one attached hydrogen (secondary N) is 1. The number of hydrogen-bond acceptors (Lipinski definition) is 6. The largest absolute Gasteiger partial charge is 0.467 e. The van der Waals surface area contributed by atoms with E-state index in [1.54, 1.807) is 36.9 Å². The number of carbonyl (C=O) groups excluding carboxylic acids is 1. The molecule has 10 heteroatoms. The molecular formula is C20H15Cl2N5O2S. The molecular weight excluding hydrogens is 445 g/mol. The van der Waals surface area contributed by atoms with Crippen LogP contribution in [0.5, 0.6) is 0 Å². The fourth-order valence-electron chi connectivity index (χ4n) is 2.76. The third kappa shape index (κ3) is 5.02. The zero-order chi connectivity index (χ0) is 20.9. The zero-order valence-corrected chi connectivity index (χ0v) is 17.8. The van der Waals surface area contributed by atoms with Gasteiger partial charge in [-0.15, -0.1) is 10.2 Å². The van der Waals surface area contributed by atoms with Gasteiger partial charge in [-0.3, -0.25) is 14.3 Å². The highest BCUT2D eigenvalue weighted by molar-refractivity contribution is 7.99. The van der Waals surface area contributed by atoms with Crippen molar-refractivity contribution in [2.45, 2.75) is 11.7 Å². The van der Waals surface area contributed by atoms with Crippen molar-refractivity contribution in [3.8, 4) is 11.4 Å². The highest BCUT2D eigenvalue weighted by atomic mass is 35.5. The van der Waals surface area contributed by atoms with E-state index >= 15 is 0 Å². The smallest absolute Gasteiger partial charge is 0.234 e. The monoisotopic (exact) mass is 459 g/mol. The van der Waals surface area contributed by atoms with Crippen LogP contribution >= 0.6 is 35.0 Å². The van der Waals surface area contributed by atoms with Gasteiger partial charge in [0.25, 0.3) is 0 Å². The maximum absolute atomic E-state index is 12.4. The van der Waals surface area contributed by atoms with Crippen LogP contribution in [0.25, 0.3) is 11.4 Å². The Morgan fingerprint density at radius 2 is 1.97 bits per heavy atom. The summed E-state index contributed by atoms with van der Waals surface area (Å²) in [6, 6.07) is 12.3. The van der Waals surface area contributed by atoms with Gasteiger partial charge < -0.3 is 9.73 Å². The van der Waals surface area contributed by atoms with E-state index < -0.39 is 0 Å². The zero-order valence-electron chi connectivity index (χ0n) is 15.5. The van der Waals surface area contributed by atoms with Crippen molar-refractivity contribution in [1.29, 1.82) is 0 Å². The van der Waals surface area contributed by atoms with E-state index in [1.807, 2.05) is 28.8 Å². The summed E-state index contributed by atoms with van der Waals surface area (Å²) in [7, 11) is 0. The molecule has 3 heterocycles. The minimum absolute atomic E-state index is 0.132. The van der Waals surface area contributed by atoms with E-state index in [1.165, 1.54) is 11.8 Å². The van der Waals surface area contributed by atoms with Crippen molar-refractivity contribution in [2.24, 2.45) is 0 Å². The minimum atomic E-state index is -0.214. The summed E-state index contributed by atoms with van der Waals surface area (Å²) in [5.74, 6) is 1.31. The first-order valence-electron chi connectivity index (χ1n) is 8.83. The molecule has 0 aliphatic carbocycles. The Morgan fingerprint density at radius 1 is 1.13 bits per heavy atom. The summed E-state index contributed by atoms with van der Waals surface area (Å²) < 4.78 is 7.37. The molecule has 7 nitrogen and oxygen atoms in total. The number of thioether (sulfide) groups is 1. The van der Waals surface area contributed by atoms with Crippen LogP contribution in [0.4, 0.5) is 5.69 Å². The molecule has 152 valence electrons. The van der Waals surface area contributed by atoms with Gasteiger partial charge in [0, 0.05) is 33.7 Å². The number of nitrogens with zero attached hydrogens (tertiary/aromatic N) is 4. The summed E-state index contributed by atoms with van der Waals surface area (Å²) in [6.07, 6.45) is 5.02. The van der Waals surface area contributed by atoms with Crippen LogP contribution < -0.4 is 5.32 Å². The molecule has 0 fully saturated rings. The molecule has 1 N–H and O–H groups in total. The number of furan rings is 1. The molecule has 4 rings (SSSR count). The lowest BCUT2D eigenvalue weighted by Crippen LogP contribution is -2.15. The number of benzene rings is 1. The Hall–Kier alpha value is -2.81. The molecule has 1 aromatic carbocycles. The number of anilines is 1. The van der Waals surface area contributed by atoms with Crippen LogP contribution in [0.3, 0.4) is 0 Å². The molecule has 1 amide bonds. The number of pyridine rings is 1. The van der Waals surface area contributed by atoms with Gasteiger partial charge in [-0.2, -0.15) is 0 Å². The second kappa shape index (κ2) is 9.34. The summed E-state index contributed by atoms with van der Waals surface area (Å²) in [5.41, 5.74) is 1.35. The van der Waals surface area contributed by atoms with Crippen molar-refractivity contribution < 1.29 is 9.21 Å². The predicted octanol–water partition coefficient (Wildman–Crippen LogP) is 5.02. The molecule has 0 atom stereocenters. The first kappa shape index (κ1) is 20.5. The summed E-state index contributed by atoms with van der Waals surface area (Å²) in [4.78, 5) is 16.6. The molecule has 0 spiro atoms. The van der Waals surface area contributed by atoms with Gasteiger partial charge in [0.2, 0.25) is 5.91 Å². The van der Waals surface area contributed by atoms with Gasteiger partial charge in [-0.1, -0.05) is 35.0 Å². The summed E-state index contributed by atoms with van der Waals surface area (Å²) in [5, 5.41) is 12.8. The average Bonchev–Trinajstić information content (AvgIpc) is 3.37.